The van der Waals surface area contributed by atoms with E-state index >= 15 is 0 Å². The van der Waals surface area contributed by atoms with Gasteiger partial charge in [0.15, 0.2) is 0 Å². The van der Waals surface area contributed by atoms with E-state index in [1.807, 2.05) is 6.92 Å². The van der Waals surface area contributed by atoms with Crippen molar-refractivity contribution in [3.05, 3.63) is 35.4 Å². The number of nitrogens with zero attached hydrogens (tertiary/aromatic N) is 1. The molecule has 0 N–H and O–H groups in total. The van der Waals surface area contributed by atoms with Crippen LogP contribution in [0.2, 0.25) is 0 Å². The number of benzene rings is 1. The predicted octanol–water partition coefficient (Wildman–Crippen LogP) is 3.61. The number of fused-ring (bicyclic) bond motifs is 1. The van der Waals surface area contributed by atoms with Gasteiger partial charge < -0.3 is 4.90 Å². The highest BCUT2D eigenvalue weighted by atomic mass is 16.2. The lowest BCUT2D eigenvalue weighted by molar-refractivity contribution is -0.131. The van der Waals surface area contributed by atoms with Gasteiger partial charge in [0.2, 0.25) is 5.91 Å². The minimum atomic E-state index is 0.173. The van der Waals surface area contributed by atoms with E-state index in [2.05, 4.69) is 49.9 Å². The summed E-state index contributed by atoms with van der Waals surface area (Å²) in [6, 6.07) is 8.68. The van der Waals surface area contributed by atoms with Crippen molar-refractivity contribution in [3.63, 3.8) is 0 Å². The van der Waals surface area contributed by atoms with Gasteiger partial charge in [0.25, 0.3) is 0 Å². The summed E-state index contributed by atoms with van der Waals surface area (Å²) in [4.78, 5) is 14.1. The van der Waals surface area contributed by atoms with Crippen molar-refractivity contribution in [2.24, 2.45) is 5.41 Å². The second-order valence-electron chi connectivity index (χ2n) is 6.56. The molecule has 0 bridgehead atoms. The third-order valence-corrected chi connectivity index (χ3v) is 4.19. The van der Waals surface area contributed by atoms with E-state index in [1.165, 1.54) is 11.1 Å². The van der Waals surface area contributed by atoms with Crippen LogP contribution in [0.4, 0.5) is 0 Å². The predicted molar refractivity (Wildman–Crippen MR) is 79.2 cm³/mol. The molecule has 2 nitrogen and oxygen atoms in total. The first-order valence-corrected chi connectivity index (χ1v) is 7.29. The molecule has 1 heterocycles. The maximum absolute atomic E-state index is 12.1. The van der Waals surface area contributed by atoms with Crippen LogP contribution in [-0.2, 0) is 11.2 Å². The molecule has 0 fully saturated rings. The first-order valence-electron chi connectivity index (χ1n) is 7.29. The minimum Gasteiger partial charge on any atom is -0.342 e. The summed E-state index contributed by atoms with van der Waals surface area (Å²) >= 11 is 0. The third kappa shape index (κ3) is 2.99. The maximum atomic E-state index is 12.1. The molecule has 19 heavy (non-hydrogen) atoms. The Labute approximate surface area is 116 Å². The second-order valence-corrected chi connectivity index (χ2v) is 6.56. The van der Waals surface area contributed by atoms with Crippen LogP contribution >= 0.6 is 0 Å². The van der Waals surface area contributed by atoms with Crippen LogP contribution in [0.3, 0.4) is 0 Å². The molecule has 2 rings (SSSR count). The maximum Gasteiger partial charge on any atom is 0.222 e. The number of rotatable bonds is 1. The lowest BCUT2D eigenvalue weighted by Crippen LogP contribution is -2.37. The molecule has 0 spiro atoms. The Bertz CT molecular complexity index is 459. The fourth-order valence-electron chi connectivity index (χ4n) is 2.96. The van der Waals surface area contributed by atoms with Crippen molar-refractivity contribution in [3.8, 4) is 0 Å². The van der Waals surface area contributed by atoms with E-state index in [4.69, 9.17) is 0 Å². The van der Waals surface area contributed by atoms with Crippen LogP contribution in [0.1, 0.15) is 51.2 Å². The summed E-state index contributed by atoms with van der Waals surface area (Å²) in [6.07, 6.45) is 1.59. The van der Waals surface area contributed by atoms with Crippen molar-refractivity contribution in [1.29, 1.82) is 0 Å². The van der Waals surface area contributed by atoms with Crippen molar-refractivity contribution in [2.45, 2.75) is 46.5 Å². The molecule has 1 atom stereocenters. The van der Waals surface area contributed by atoms with E-state index < -0.39 is 0 Å². The van der Waals surface area contributed by atoms with Gasteiger partial charge in [0, 0.05) is 25.4 Å². The molecule has 1 aromatic rings. The summed E-state index contributed by atoms with van der Waals surface area (Å²) < 4.78 is 0. The lowest BCUT2D eigenvalue weighted by atomic mass is 9.75. The van der Waals surface area contributed by atoms with Gasteiger partial charge in [-0.1, -0.05) is 52.0 Å². The molecule has 0 saturated heterocycles. The molecule has 0 saturated carbocycles. The van der Waals surface area contributed by atoms with Gasteiger partial charge in [-0.05, 0) is 23.0 Å². The minimum absolute atomic E-state index is 0.173. The molecular weight excluding hydrogens is 234 g/mol. The number of hydrogen-bond donors (Lipinski definition) is 0. The zero-order chi connectivity index (χ0) is 14.0. The topological polar surface area (TPSA) is 20.3 Å². The van der Waals surface area contributed by atoms with E-state index in [0.29, 0.717) is 12.3 Å². The standard InChI is InChI=1S/C17H25NO/c1-5-16(19)18-11-10-13-8-6-7-9-14(13)15(12-18)17(2,3)4/h6-9,15H,5,10-12H2,1-4H3. The average molecular weight is 259 g/mol. The SMILES string of the molecule is CCC(=O)N1CCc2ccccc2C(C(C)(C)C)C1. The molecule has 1 amide bonds. The van der Waals surface area contributed by atoms with Crippen molar-refractivity contribution >= 4 is 5.91 Å². The van der Waals surface area contributed by atoms with Crippen molar-refractivity contribution < 1.29 is 4.79 Å². The van der Waals surface area contributed by atoms with Crippen LogP contribution in [0.15, 0.2) is 24.3 Å². The summed E-state index contributed by atoms with van der Waals surface area (Å²) in [7, 11) is 0. The van der Waals surface area contributed by atoms with E-state index in [0.717, 1.165) is 19.5 Å². The molecule has 1 unspecified atom stereocenters. The quantitative estimate of drug-likeness (QED) is 0.754. The molecule has 0 radical (unpaired) electrons. The summed E-state index contributed by atoms with van der Waals surface area (Å²) in [5.74, 6) is 0.698. The van der Waals surface area contributed by atoms with Gasteiger partial charge in [-0.25, -0.2) is 0 Å². The van der Waals surface area contributed by atoms with Crippen LogP contribution in [-0.4, -0.2) is 23.9 Å². The van der Waals surface area contributed by atoms with Crippen molar-refractivity contribution in [2.75, 3.05) is 13.1 Å². The van der Waals surface area contributed by atoms with E-state index in [-0.39, 0.29) is 11.3 Å². The first-order chi connectivity index (χ1) is 8.93. The molecule has 1 aliphatic heterocycles. The molecular formula is C17H25NO. The molecule has 1 aromatic carbocycles. The Morgan fingerprint density at radius 1 is 1.32 bits per heavy atom. The van der Waals surface area contributed by atoms with Crippen LogP contribution in [0.5, 0.6) is 0 Å². The fraction of sp³-hybridized carbons (Fsp3) is 0.588. The van der Waals surface area contributed by atoms with Gasteiger partial charge in [0.1, 0.15) is 0 Å². The van der Waals surface area contributed by atoms with Gasteiger partial charge in [-0.3, -0.25) is 4.79 Å². The van der Waals surface area contributed by atoms with Crippen molar-refractivity contribution in [1.82, 2.24) is 4.90 Å². The summed E-state index contributed by atoms with van der Waals surface area (Å²) in [5, 5.41) is 0. The Morgan fingerprint density at radius 3 is 2.63 bits per heavy atom. The Hall–Kier alpha value is -1.31. The number of amides is 1. The molecule has 0 aliphatic carbocycles. The monoisotopic (exact) mass is 259 g/mol. The highest BCUT2D eigenvalue weighted by Gasteiger charge is 2.32. The number of carbonyl (C=O) groups excluding carboxylic acids is 1. The summed E-state index contributed by atoms with van der Waals surface area (Å²) in [6.45, 7) is 10.5. The molecule has 2 heteroatoms. The number of hydrogen-bond acceptors (Lipinski definition) is 1. The Balaban J connectivity index is 2.38. The Kier molecular flexibility index (Phi) is 3.98. The van der Waals surface area contributed by atoms with E-state index in [1.54, 1.807) is 0 Å². The zero-order valence-corrected chi connectivity index (χ0v) is 12.6. The largest absolute Gasteiger partial charge is 0.342 e. The third-order valence-electron chi connectivity index (χ3n) is 4.19. The first kappa shape index (κ1) is 14.1. The van der Waals surface area contributed by atoms with Gasteiger partial charge in [0.05, 0.1) is 0 Å². The van der Waals surface area contributed by atoms with Crippen LogP contribution < -0.4 is 0 Å². The fourth-order valence-corrected chi connectivity index (χ4v) is 2.96. The average Bonchev–Trinajstić information content (AvgIpc) is 2.57. The van der Waals surface area contributed by atoms with Gasteiger partial charge in [-0.15, -0.1) is 0 Å². The van der Waals surface area contributed by atoms with Gasteiger partial charge in [-0.2, -0.15) is 0 Å². The second kappa shape index (κ2) is 5.36. The highest BCUT2D eigenvalue weighted by Crippen LogP contribution is 2.39. The molecule has 104 valence electrons. The highest BCUT2D eigenvalue weighted by molar-refractivity contribution is 5.76. The lowest BCUT2D eigenvalue weighted by Gasteiger charge is -2.34. The van der Waals surface area contributed by atoms with Crippen LogP contribution in [0.25, 0.3) is 0 Å². The number of carbonyl (C=O) groups is 1. The smallest absolute Gasteiger partial charge is 0.222 e. The van der Waals surface area contributed by atoms with Crippen LogP contribution in [0, 0.1) is 5.41 Å². The molecule has 0 aromatic heterocycles. The zero-order valence-electron chi connectivity index (χ0n) is 12.6. The molecule has 1 aliphatic rings. The van der Waals surface area contributed by atoms with E-state index in [9.17, 15) is 4.79 Å². The van der Waals surface area contributed by atoms with Gasteiger partial charge >= 0.3 is 0 Å². The Morgan fingerprint density at radius 2 is 2.00 bits per heavy atom. The summed E-state index contributed by atoms with van der Waals surface area (Å²) in [5.41, 5.74) is 3.02. The normalized spacial score (nSPS) is 19.8.